The van der Waals surface area contributed by atoms with E-state index >= 15 is 0 Å². The van der Waals surface area contributed by atoms with Gasteiger partial charge in [0.05, 0.1) is 11.7 Å². The Morgan fingerprint density at radius 1 is 1.40 bits per heavy atom. The van der Waals surface area contributed by atoms with E-state index in [1.54, 1.807) is 11.3 Å². The van der Waals surface area contributed by atoms with Crippen molar-refractivity contribution in [1.82, 2.24) is 15.6 Å². The molecular weight excluding hydrogens is 206 g/mol. The van der Waals surface area contributed by atoms with Crippen LogP contribution in [0.2, 0.25) is 0 Å². The number of aromatic nitrogens is 1. The highest BCUT2D eigenvalue weighted by Gasteiger charge is 2.22. The quantitative estimate of drug-likeness (QED) is 0.763. The summed E-state index contributed by atoms with van der Waals surface area (Å²) in [7, 11) is 0. The summed E-state index contributed by atoms with van der Waals surface area (Å²) >= 11 is 1.77. The van der Waals surface area contributed by atoms with Gasteiger partial charge in [-0.3, -0.25) is 0 Å². The maximum atomic E-state index is 4.72. The Balaban J connectivity index is 2.12. The van der Waals surface area contributed by atoms with Crippen LogP contribution >= 0.6 is 11.3 Å². The molecule has 0 spiro atoms. The highest BCUT2D eigenvalue weighted by Crippen LogP contribution is 2.26. The highest BCUT2D eigenvalue weighted by atomic mass is 32.1. The largest absolute Gasteiger partial charge is 0.313 e. The van der Waals surface area contributed by atoms with Gasteiger partial charge in [0.1, 0.15) is 5.01 Å². The SMILES string of the molecule is CC(C)(C)c1csc(C2CNCCN2)n1. The molecule has 15 heavy (non-hydrogen) atoms. The van der Waals surface area contributed by atoms with Crippen molar-refractivity contribution in [2.75, 3.05) is 19.6 Å². The molecule has 0 radical (unpaired) electrons. The number of nitrogens with one attached hydrogen (secondary N) is 2. The smallest absolute Gasteiger partial charge is 0.111 e. The Bertz CT molecular complexity index is 321. The lowest BCUT2D eigenvalue weighted by Gasteiger charge is -2.22. The Morgan fingerprint density at radius 2 is 2.20 bits per heavy atom. The van der Waals surface area contributed by atoms with E-state index in [0.717, 1.165) is 19.6 Å². The molecule has 1 unspecified atom stereocenters. The molecule has 1 aromatic rings. The summed E-state index contributed by atoms with van der Waals surface area (Å²) in [4.78, 5) is 4.72. The number of hydrogen-bond acceptors (Lipinski definition) is 4. The summed E-state index contributed by atoms with van der Waals surface area (Å²) in [5, 5.41) is 10.3. The monoisotopic (exact) mass is 225 g/mol. The zero-order chi connectivity index (χ0) is 10.9. The van der Waals surface area contributed by atoms with Gasteiger partial charge in [0.15, 0.2) is 0 Å². The van der Waals surface area contributed by atoms with Crippen LogP contribution in [0.5, 0.6) is 0 Å². The van der Waals surface area contributed by atoms with Gasteiger partial charge in [-0.15, -0.1) is 11.3 Å². The second kappa shape index (κ2) is 4.20. The molecule has 1 aliphatic rings. The normalized spacial score (nSPS) is 23.0. The number of piperazine rings is 1. The summed E-state index contributed by atoms with van der Waals surface area (Å²) in [6.07, 6.45) is 0. The van der Waals surface area contributed by atoms with E-state index in [4.69, 9.17) is 4.98 Å². The minimum atomic E-state index is 0.164. The van der Waals surface area contributed by atoms with Gasteiger partial charge in [0.25, 0.3) is 0 Å². The molecule has 84 valence electrons. The molecule has 1 aliphatic heterocycles. The molecule has 1 aromatic heterocycles. The maximum Gasteiger partial charge on any atom is 0.111 e. The Labute approximate surface area is 95.3 Å². The second-order valence-corrected chi connectivity index (χ2v) is 5.92. The lowest BCUT2D eigenvalue weighted by Crippen LogP contribution is -2.42. The Morgan fingerprint density at radius 3 is 2.73 bits per heavy atom. The van der Waals surface area contributed by atoms with Gasteiger partial charge in [-0.25, -0.2) is 4.98 Å². The zero-order valence-corrected chi connectivity index (χ0v) is 10.4. The first-order chi connectivity index (χ1) is 7.07. The summed E-state index contributed by atoms with van der Waals surface area (Å²) in [5.74, 6) is 0. The Hall–Kier alpha value is -0.450. The van der Waals surface area contributed by atoms with Gasteiger partial charge in [0.2, 0.25) is 0 Å². The van der Waals surface area contributed by atoms with Crippen molar-refractivity contribution in [1.29, 1.82) is 0 Å². The molecule has 2 N–H and O–H groups in total. The predicted octanol–water partition coefficient (Wildman–Crippen LogP) is 1.67. The van der Waals surface area contributed by atoms with Gasteiger partial charge in [-0.1, -0.05) is 20.8 Å². The van der Waals surface area contributed by atoms with Crippen molar-refractivity contribution in [2.45, 2.75) is 32.2 Å². The van der Waals surface area contributed by atoms with Gasteiger partial charge < -0.3 is 10.6 Å². The van der Waals surface area contributed by atoms with E-state index in [-0.39, 0.29) is 5.41 Å². The van der Waals surface area contributed by atoms with Crippen molar-refractivity contribution in [3.05, 3.63) is 16.1 Å². The molecule has 0 bridgehead atoms. The first kappa shape index (κ1) is 11.0. The van der Waals surface area contributed by atoms with Gasteiger partial charge in [-0.2, -0.15) is 0 Å². The first-order valence-corrected chi connectivity index (χ1v) is 6.35. The topological polar surface area (TPSA) is 37.0 Å². The fourth-order valence-electron chi connectivity index (χ4n) is 1.62. The average molecular weight is 225 g/mol. The lowest BCUT2D eigenvalue weighted by molar-refractivity contribution is 0.427. The number of rotatable bonds is 1. The summed E-state index contributed by atoms with van der Waals surface area (Å²) in [6.45, 7) is 9.72. The van der Waals surface area contributed by atoms with Crippen LogP contribution in [0.25, 0.3) is 0 Å². The van der Waals surface area contributed by atoms with Crippen LogP contribution in [0.15, 0.2) is 5.38 Å². The van der Waals surface area contributed by atoms with Crippen molar-refractivity contribution in [3.8, 4) is 0 Å². The molecule has 0 amide bonds. The third-order valence-electron chi connectivity index (χ3n) is 2.63. The fourth-order valence-corrected chi connectivity index (χ4v) is 2.74. The van der Waals surface area contributed by atoms with Gasteiger partial charge in [0, 0.05) is 30.4 Å². The highest BCUT2D eigenvalue weighted by molar-refractivity contribution is 7.09. The Kier molecular flexibility index (Phi) is 3.09. The summed E-state index contributed by atoms with van der Waals surface area (Å²) in [6, 6.07) is 0.403. The fraction of sp³-hybridized carbons (Fsp3) is 0.727. The molecular formula is C11H19N3S. The van der Waals surface area contributed by atoms with Crippen molar-refractivity contribution in [2.24, 2.45) is 0 Å². The molecule has 1 atom stereocenters. The third kappa shape index (κ3) is 2.56. The number of nitrogens with zero attached hydrogens (tertiary/aromatic N) is 1. The molecule has 0 aromatic carbocycles. The zero-order valence-electron chi connectivity index (χ0n) is 9.63. The van der Waals surface area contributed by atoms with E-state index in [1.807, 2.05) is 0 Å². The number of hydrogen-bond donors (Lipinski definition) is 2. The van der Waals surface area contributed by atoms with Crippen molar-refractivity contribution >= 4 is 11.3 Å². The van der Waals surface area contributed by atoms with Crippen LogP contribution in [-0.4, -0.2) is 24.6 Å². The third-order valence-corrected chi connectivity index (χ3v) is 3.59. The summed E-state index contributed by atoms with van der Waals surface area (Å²) < 4.78 is 0. The minimum Gasteiger partial charge on any atom is -0.313 e. The molecule has 1 fully saturated rings. The van der Waals surface area contributed by atoms with Crippen LogP contribution in [0.4, 0.5) is 0 Å². The molecule has 2 rings (SSSR count). The standard InChI is InChI=1S/C11H19N3S/c1-11(2,3)9-7-15-10(14-9)8-6-12-4-5-13-8/h7-8,12-13H,4-6H2,1-3H3. The van der Waals surface area contributed by atoms with Crippen molar-refractivity contribution < 1.29 is 0 Å². The minimum absolute atomic E-state index is 0.164. The molecule has 2 heterocycles. The van der Waals surface area contributed by atoms with Crippen LogP contribution in [-0.2, 0) is 5.41 Å². The van der Waals surface area contributed by atoms with E-state index in [2.05, 4.69) is 36.8 Å². The number of thiazole rings is 1. The van der Waals surface area contributed by atoms with E-state index < -0.39 is 0 Å². The van der Waals surface area contributed by atoms with Crippen LogP contribution in [0, 0.1) is 0 Å². The van der Waals surface area contributed by atoms with Crippen molar-refractivity contribution in [3.63, 3.8) is 0 Å². The predicted molar refractivity (Wildman–Crippen MR) is 64.4 cm³/mol. The second-order valence-electron chi connectivity index (χ2n) is 5.03. The lowest BCUT2D eigenvalue weighted by atomic mass is 9.93. The van der Waals surface area contributed by atoms with E-state index in [9.17, 15) is 0 Å². The molecule has 4 heteroatoms. The maximum absolute atomic E-state index is 4.72. The van der Waals surface area contributed by atoms with E-state index in [1.165, 1.54) is 10.7 Å². The van der Waals surface area contributed by atoms with Gasteiger partial charge in [-0.05, 0) is 0 Å². The van der Waals surface area contributed by atoms with Crippen LogP contribution in [0.3, 0.4) is 0 Å². The molecule has 1 saturated heterocycles. The first-order valence-electron chi connectivity index (χ1n) is 5.47. The van der Waals surface area contributed by atoms with Gasteiger partial charge >= 0.3 is 0 Å². The molecule has 0 saturated carbocycles. The van der Waals surface area contributed by atoms with Crippen LogP contribution in [0.1, 0.15) is 37.5 Å². The summed E-state index contributed by atoms with van der Waals surface area (Å²) in [5.41, 5.74) is 1.37. The van der Waals surface area contributed by atoms with Crippen LogP contribution < -0.4 is 10.6 Å². The van der Waals surface area contributed by atoms with E-state index in [0.29, 0.717) is 6.04 Å². The molecule has 3 nitrogen and oxygen atoms in total. The average Bonchev–Trinajstić information content (AvgIpc) is 2.67. The molecule has 0 aliphatic carbocycles.